The second-order valence-corrected chi connectivity index (χ2v) is 5.88. The van der Waals surface area contributed by atoms with Gasteiger partial charge in [-0.1, -0.05) is 49.4 Å². The summed E-state index contributed by atoms with van der Waals surface area (Å²) in [5.41, 5.74) is 2.64. The summed E-state index contributed by atoms with van der Waals surface area (Å²) in [5, 5.41) is 0.780. The fourth-order valence-corrected chi connectivity index (χ4v) is 3.00. The molecule has 0 aliphatic rings. The van der Waals surface area contributed by atoms with Crippen molar-refractivity contribution < 1.29 is 0 Å². The minimum Gasteiger partial charge on any atom is -0.231 e. The van der Waals surface area contributed by atoms with Crippen LogP contribution in [0, 0.1) is 0 Å². The number of rotatable bonds is 4. The Morgan fingerprint density at radius 3 is 2.29 bits per heavy atom. The van der Waals surface area contributed by atoms with Gasteiger partial charge in [0.1, 0.15) is 0 Å². The highest BCUT2D eigenvalue weighted by molar-refractivity contribution is 7.99. The van der Waals surface area contributed by atoms with E-state index >= 15 is 0 Å². The topological polar surface area (TPSA) is 25.8 Å². The molecule has 3 heteroatoms. The molecule has 0 amide bonds. The largest absolute Gasteiger partial charge is 0.231 e. The first-order valence-corrected chi connectivity index (χ1v) is 7.74. The van der Waals surface area contributed by atoms with Crippen LogP contribution >= 0.6 is 11.8 Å². The first-order valence-electron chi connectivity index (χ1n) is 6.93. The minimum absolute atomic E-state index is 0.378. The zero-order valence-electron chi connectivity index (χ0n) is 11.8. The van der Waals surface area contributed by atoms with Gasteiger partial charge in [-0.2, -0.15) is 0 Å². The summed E-state index contributed by atoms with van der Waals surface area (Å²) in [4.78, 5) is 9.69. The average molecular weight is 292 g/mol. The molecule has 3 aromatic rings. The van der Waals surface area contributed by atoms with Crippen molar-refractivity contribution in [1.29, 1.82) is 0 Å². The van der Waals surface area contributed by atoms with Crippen molar-refractivity contribution >= 4 is 11.8 Å². The Kier molecular flexibility index (Phi) is 4.31. The zero-order valence-corrected chi connectivity index (χ0v) is 12.6. The second-order valence-electron chi connectivity index (χ2n) is 4.84. The third kappa shape index (κ3) is 3.50. The first kappa shape index (κ1) is 13.8. The normalized spacial score (nSPS) is 12.0. The highest BCUT2D eigenvalue weighted by atomic mass is 32.2. The lowest BCUT2D eigenvalue weighted by molar-refractivity contribution is 0.915. The van der Waals surface area contributed by atoms with Gasteiger partial charge in [-0.05, 0) is 41.1 Å². The van der Waals surface area contributed by atoms with Crippen molar-refractivity contribution in [1.82, 2.24) is 9.97 Å². The molecule has 0 fully saturated rings. The van der Waals surface area contributed by atoms with Crippen LogP contribution in [0.1, 0.15) is 24.0 Å². The van der Waals surface area contributed by atoms with E-state index in [1.807, 2.05) is 6.07 Å². The number of hydrogen-bond donors (Lipinski definition) is 0. The molecule has 0 saturated heterocycles. The van der Waals surface area contributed by atoms with Crippen LogP contribution in [-0.2, 0) is 0 Å². The highest BCUT2D eigenvalue weighted by Gasteiger charge is 2.09. The molecular weight excluding hydrogens is 276 g/mol. The molecule has 1 heterocycles. The van der Waals surface area contributed by atoms with Crippen molar-refractivity contribution in [3.05, 3.63) is 84.2 Å². The van der Waals surface area contributed by atoms with Crippen LogP contribution in [0.3, 0.4) is 0 Å². The summed E-state index contributed by atoms with van der Waals surface area (Å²) in [5.74, 6) is 0.378. The van der Waals surface area contributed by atoms with Gasteiger partial charge < -0.3 is 0 Å². The number of aromatic nitrogens is 2. The van der Waals surface area contributed by atoms with Gasteiger partial charge in [0.05, 0.1) is 0 Å². The summed E-state index contributed by atoms with van der Waals surface area (Å²) >= 11 is 1.59. The SMILES string of the molecule is CC(c1ccccc1)c1cccc(Sc2ncccn2)c1. The van der Waals surface area contributed by atoms with E-state index in [1.165, 1.54) is 16.0 Å². The van der Waals surface area contributed by atoms with Crippen molar-refractivity contribution in [3.8, 4) is 0 Å². The molecule has 0 aliphatic carbocycles. The van der Waals surface area contributed by atoms with Crippen molar-refractivity contribution in [2.75, 3.05) is 0 Å². The van der Waals surface area contributed by atoms with E-state index in [9.17, 15) is 0 Å². The van der Waals surface area contributed by atoms with Crippen LogP contribution < -0.4 is 0 Å². The van der Waals surface area contributed by atoms with Gasteiger partial charge in [0, 0.05) is 23.2 Å². The Morgan fingerprint density at radius 2 is 1.52 bits per heavy atom. The molecule has 0 radical (unpaired) electrons. The molecule has 1 atom stereocenters. The lowest BCUT2D eigenvalue weighted by atomic mass is 9.93. The predicted molar refractivity (Wildman–Crippen MR) is 86.6 cm³/mol. The van der Waals surface area contributed by atoms with E-state index in [0.717, 1.165) is 5.16 Å². The summed E-state index contributed by atoms with van der Waals surface area (Å²) in [7, 11) is 0. The Hall–Kier alpha value is -2.13. The molecule has 0 bridgehead atoms. The molecule has 3 rings (SSSR count). The van der Waals surface area contributed by atoms with Crippen LogP contribution in [0.25, 0.3) is 0 Å². The van der Waals surface area contributed by atoms with E-state index in [2.05, 4.69) is 71.5 Å². The fraction of sp³-hybridized carbons (Fsp3) is 0.111. The number of nitrogens with zero attached hydrogens (tertiary/aromatic N) is 2. The van der Waals surface area contributed by atoms with Gasteiger partial charge in [-0.25, -0.2) is 9.97 Å². The molecule has 21 heavy (non-hydrogen) atoms. The summed E-state index contributed by atoms with van der Waals surface area (Å²) in [6.07, 6.45) is 3.54. The number of hydrogen-bond acceptors (Lipinski definition) is 3. The fourth-order valence-electron chi connectivity index (χ4n) is 2.23. The highest BCUT2D eigenvalue weighted by Crippen LogP contribution is 2.29. The standard InChI is InChI=1S/C18H16N2S/c1-14(15-7-3-2-4-8-15)16-9-5-10-17(13-16)21-18-19-11-6-12-20-18/h2-14H,1H3. The van der Waals surface area contributed by atoms with Gasteiger partial charge in [-0.15, -0.1) is 0 Å². The average Bonchev–Trinajstić information content (AvgIpc) is 2.56. The Bertz CT molecular complexity index is 699. The summed E-state index contributed by atoms with van der Waals surface area (Å²) < 4.78 is 0. The van der Waals surface area contributed by atoms with Gasteiger partial charge in [0.25, 0.3) is 0 Å². The molecule has 1 aromatic heterocycles. The molecule has 0 aliphatic heterocycles. The van der Waals surface area contributed by atoms with E-state index in [-0.39, 0.29) is 0 Å². The van der Waals surface area contributed by atoms with Gasteiger partial charge in [-0.3, -0.25) is 0 Å². The molecule has 0 N–H and O–H groups in total. The van der Waals surface area contributed by atoms with Crippen molar-refractivity contribution in [2.24, 2.45) is 0 Å². The Balaban J connectivity index is 1.83. The zero-order chi connectivity index (χ0) is 14.5. The third-order valence-corrected chi connectivity index (χ3v) is 4.29. The molecule has 0 saturated carbocycles. The first-order chi connectivity index (χ1) is 10.3. The van der Waals surface area contributed by atoms with Gasteiger partial charge >= 0.3 is 0 Å². The number of benzene rings is 2. The molecule has 0 spiro atoms. The monoisotopic (exact) mass is 292 g/mol. The quantitative estimate of drug-likeness (QED) is 0.647. The molecule has 2 aromatic carbocycles. The maximum atomic E-state index is 4.26. The van der Waals surface area contributed by atoms with Crippen molar-refractivity contribution in [3.63, 3.8) is 0 Å². The van der Waals surface area contributed by atoms with E-state index < -0.39 is 0 Å². The van der Waals surface area contributed by atoms with Crippen molar-refractivity contribution in [2.45, 2.75) is 22.9 Å². The maximum Gasteiger partial charge on any atom is 0.192 e. The summed E-state index contributed by atoms with van der Waals surface area (Å²) in [6, 6.07) is 21.0. The summed E-state index contributed by atoms with van der Waals surface area (Å²) in [6.45, 7) is 2.23. The third-order valence-electron chi connectivity index (χ3n) is 3.41. The van der Waals surface area contributed by atoms with Gasteiger partial charge in [0.15, 0.2) is 5.16 Å². The Labute approximate surface area is 129 Å². The molecular formula is C18H16N2S. The van der Waals surface area contributed by atoms with Crippen LogP contribution in [0.5, 0.6) is 0 Å². The Morgan fingerprint density at radius 1 is 0.810 bits per heavy atom. The maximum absolute atomic E-state index is 4.26. The van der Waals surface area contributed by atoms with Crippen LogP contribution in [0.2, 0.25) is 0 Å². The van der Waals surface area contributed by atoms with Crippen LogP contribution in [0.15, 0.2) is 83.1 Å². The van der Waals surface area contributed by atoms with E-state index in [4.69, 9.17) is 0 Å². The second kappa shape index (κ2) is 6.55. The lowest BCUT2D eigenvalue weighted by Crippen LogP contribution is -1.95. The smallest absolute Gasteiger partial charge is 0.192 e. The minimum atomic E-state index is 0.378. The van der Waals surface area contributed by atoms with Gasteiger partial charge in [0.2, 0.25) is 0 Å². The molecule has 2 nitrogen and oxygen atoms in total. The van der Waals surface area contributed by atoms with Crippen LogP contribution in [0.4, 0.5) is 0 Å². The predicted octanol–water partition coefficient (Wildman–Crippen LogP) is 4.78. The molecule has 104 valence electrons. The van der Waals surface area contributed by atoms with E-state index in [1.54, 1.807) is 24.2 Å². The van der Waals surface area contributed by atoms with E-state index in [0.29, 0.717) is 5.92 Å². The lowest BCUT2D eigenvalue weighted by Gasteiger charge is -2.13. The van der Waals surface area contributed by atoms with Crippen LogP contribution in [-0.4, -0.2) is 9.97 Å². The molecule has 1 unspecified atom stereocenters.